The van der Waals surface area contributed by atoms with Crippen molar-refractivity contribution in [2.75, 3.05) is 43.5 Å². The van der Waals surface area contributed by atoms with Gasteiger partial charge in [0.05, 0.1) is 12.6 Å². The molecule has 0 spiro atoms. The second-order valence-corrected chi connectivity index (χ2v) is 9.90. The molecule has 2 heterocycles. The van der Waals surface area contributed by atoms with Crippen molar-refractivity contribution in [2.45, 2.75) is 12.3 Å². The fourth-order valence-corrected chi connectivity index (χ4v) is 5.30. The van der Waals surface area contributed by atoms with Crippen molar-refractivity contribution in [3.8, 4) is 5.75 Å². The molecular weight excluding hydrogens is 476 g/mol. The number of hydrogen-bond donors (Lipinski definition) is 1. The lowest BCUT2D eigenvalue weighted by molar-refractivity contribution is -0.117. The van der Waals surface area contributed by atoms with Crippen molar-refractivity contribution >= 4 is 34.1 Å². The Morgan fingerprint density at radius 3 is 2.34 bits per heavy atom. The molecule has 2 atom stereocenters. The van der Waals surface area contributed by atoms with Gasteiger partial charge in [-0.25, -0.2) is 4.98 Å². The number of pyridine rings is 1. The minimum Gasteiger partial charge on any atom is -0.496 e. The molecule has 0 radical (unpaired) electrons. The molecule has 7 heteroatoms. The fraction of sp³-hybridized carbons (Fsp3) is 0.258. The summed E-state index contributed by atoms with van der Waals surface area (Å²) < 4.78 is 5.51. The van der Waals surface area contributed by atoms with E-state index in [1.165, 1.54) is 5.56 Å². The third kappa shape index (κ3) is 4.79. The van der Waals surface area contributed by atoms with Gasteiger partial charge in [-0.2, -0.15) is 0 Å². The van der Waals surface area contributed by atoms with Gasteiger partial charge in [0.2, 0.25) is 5.91 Å². The highest BCUT2D eigenvalue weighted by molar-refractivity contribution is 5.97. The van der Waals surface area contributed by atoms with Crippen LogP contribution in [0, 0.1) is 5.92 Å². The first-order chi connectivity index (χ1) is 18.6. The highest BCUT2D eigenvalue weighted by Gasteiger charge is 2.43. The Morgan fingerprint density at radius 2 is 1.61 bits per heavy atom. The number of rotatable bonds is 6. The normalized spacial score (nSPS) is 18.8. The molecular formula is C31H30N4O3. The molecule has 3 aromatic carbocycles. The Hall–Kier alpha value is -4.39. The van der Waals surface area contributed by atoms with E-state index in [1.54, 1.807) is 13.2 Å². The lowest BCUT2D eigenvalue weighted by atomic mass is 10.1. The highest BCUT2D eigenvalue weighted by atomic mass is 16.5. The summed E-state index contributed by atoms with van der Waals surface area (Å²) in [5.74, 6) is 1.01. The predicted molar refractivity (Wildman–Crippen MR) is 149 cm³/mol. The van der Waals surface area contributed by atoms with Crippen LogP contribution < -0.4 is 15.0 Å². The molecule has 2 fully saturated rings. The first kappa shape index (κ1) is 24.0. The zero-order valence-corrected chi connectivity index (χ0v) is 21.3. The van der Waals surface area contributed by atoms with Crippen molar-refractivity contribution in [2.24, 2.45) is 5.92 Å². The van der Waals surface area contributed by atoms with Crippen LogP contribution in [0.15, 0.2) is 84.9 Å². The molecule has 0 bridgehead atoms. The number of ether oxygens (including phenoxy) is 1. The Morgan fingerprint density at radius 1 is 0.895 bits per heavy atom. The molecule has 1 saturated heterocycles. The first-order valence-electron chi connectivity index (χ1n) is 13.0. The Balaban J connectivity index is 1.04. The van der Waals surface area contributed by atoms with Crippen molar-refractivity contribution in [1.29, 1.82) is 0 Å². The van der Waals surface area contributed by atoms with Crippen LogP contribution in [0.3, 0.4) is 0 Å². The van der Waals surface area contributed by atoms with Crippen molar-refractivity contribution in [3.05, 3.63) is 96.2 Å². The lowest BCUT2D eigenvalue weighted by Crippen LogP contribution is -2.49. The van der Waals surface area contributed by atoms with Gasteiger partial charge in [0.25, 0.3) is 5.91 Å². The lowest BCUT2D eigenvalue weighted by Gasteiger charge is -2.36. The number of fused-ring (bicyclic) bond motifs is 1. The van der Waals surface area contributed by atoms with E-state index >= 15 is 0 Å². The molecule has 1 saturated carbocycles. The number of amides is 2. The minimum atomic E-state index is -0.0827. The average molecular weight is 507 g/mol. The molecule has 1 aromatic heterocycles. The SMILES string of the molecule is COc1cc(C(=O)N2CCN(c3ccc(NC(=O)C4CC4c4ccccc4)cc3)CC2)nc2ccccc12. The third-order valence-corrected chi connectivity index (χ3v) is 7.54. The van der Waals surface area contributed by atoms with Crippen molar-refractivity contribution < 1.29 is 14.3 Å². The van der Waals surface area contributed by atoms with E-state index in [4.69, 9.17) is 4.74 Å². The van der Waals surface area contributed by atoms with Crippen LogP contribution in [0.2, 0.25) is 0 Å². The maximum atomic E-state index is 13.2. The van der Waals surface area contributed by atoms with E-state index in [9.17, 15) is 9.59 Å². The number of methoxy groups -OCH3 is 1. The Kier molecular flexibility index (Phi) is 6.42. The zero-order chi connectivity index (χ0) is 26.1. The van der Waals surface area contributed by atoms with Crippen LogP contribution >= 0.6 is 0 Å². The van der Waals surface area contributed by atoms with Gasteiger partial charge in [-0.3, -0.25) is 9.59 Å². The summed E-state index contributed by atoms with van der Waals surface area (Å²) in [5, 5.41) is 3.96. The monoisotopic (exact) mass is 506 g/mol. The second-order valence-electron chi connectivity index (χ2n) is 9.90. The van der Waals surface area contributed by atoms with E-state index in [-0.39, 0.29) is 17.7 Å². The number of para-hydroxylation sites is 1. The number of aromatic nitrogens is 1. The summed E-state index contributed by atoms with van der Waals surface area (Å²) in [6, 6.07) is 27.6. The summed E-state index contributed by atoms with van der Waals surface area (Å²) in [7, 11) is 1.61. The molecule has 1 N–H and O–H groups in total. The van der Waals surface area contributed by atoms with E-state index in [0.717, 1.165) is 41.8 Å². The van der Waals surface area contributed by atoms with E-state index in [1.807, 2.05) is 71.6 Å². The largest absolute Gasteiger partial charge is 0.496 e. The van der Waals surface area contributed by atoms with Crippen LogP contribution in [0.25, 0.3) is 10.9 Å². The maximum absolute atomic E-state index is 13.2. The van der Waals surface area contributed by atoms with Crippen LogP contribution in [0.4, 0.5) is 11.4 Å². The molecule has 4 aromatic rings. The van der Waals surface area contributed by atoms with Crippen LogP contribution in [0.5, 0.6) is 5.75 Å². The number of piperazine rings is 1. The van der Waals surface area contributed by atoms with Crippen LogP contribution in [-0.2, 0) is 4.79 Å². The van der Waals surface area contributed by atoms with Gasteiger partial charge in [0, 0.05) is 54.9 Å². The molecule has 1 aliphatic carbocycles. The molecule has 6 rings (SSSR count). The molecule has 2 amide bonds. The number of carbonyl (C=O) groups is 2. The number of hydrogen-bond acceptors (Lipinski definition) is 5. The van der Waals surface area contributed by atoms with E-state index in [2.05, 4.69) is 27.3 Å². The number of nitrogens with zero attached hydrogens (tertiary/aromatic N) is 3. The minimum absolute atomic E-state index is 0.0414. The molecule has 1 aliphatic heterocycles. The topological polar surface area (TPSA) is 74.8 Å². The third-order valence-electron chi connectivity index (χ3n) is 7.54. The first-order valence-corrected chi connectivity index (χ1v) is 13.0. The molecule has 2 unspecified atom stereocenters. The standard InChI is InChI=1S/C31H30N4O3/c1-38-29-20-28(33-27-10-6-5-9-24(27)29)31(37)35-17-15-34(16-18-35)23-13-11-22(12-14-23)32-30(36)26-19-25(26)21-7-3-2-4-8-21/h2-14,20,25-26H,15-19H2,1H3,(H,32,36). The number of anilines is 2. The van der Waals surface area contributed by atoms with Crippen molar-refractivity contribution in [1.82, 2.24) is 9.88 Å². The molecule has 38 heavy (non-hydrogen) atoms. The van der Waals surface area contributed by atoms with Crippen LogP contribution in [0.1, 0.15) is 28.4 Å². The second kappa shape index (κ2) is 10.2. The Bertz CT molecular complexity index is 1460. The summed E-state index contributed by atoms with van der Waals surface area (Å²) in [6.45, 7) is 2.67. The number of carbonyl (C=O) groups excluding carboxylic acids is 2. The highest BCUT2D eigenvalue weighted by Crippen LogP contribution is 2.47. The van der Waals surface area contributed by atoms with Crippen molar-refractivity contribution in [3.63, 3.8) is 0 Å². The number of nitrogens with one attached hydrogen (secondary N) is 1. The van der Waals surface area contributed by atoms with Gasteiger partial charge in [0.15, 0.2) is 0 Å². The Labute approximate surface area is 222 Å². The van der Waals surface area contributed by atoms with Crippen LogP contribution in [-0.4, -0.2) is 55.0 Å². The molecule has 2 aliphatic rings. The van der Waals surface area contributed by atoms with Gasteiger partial charge >= 0.3 is 0 Å². The van der Waals surface area contributed by atoms with E-state index < -0.39 is 0 Å². The van der Waals surface area contributed by atoms with E-state index in [0.29, 0.717) is 30.5 Å². The number of benzene rings is 3. The van der Waals surface area contributed by atoms with Gasteiger partial charge in [0.1, 0.15) is 11.4 Å². The summed E-state index contributed by atoms with van der Waals surface area (Å²) in [6.07, 6.45) is 0.901. The predicted octanol–water partition coefficient (Wildman–Crippen LogP) is 4.95. The quantitative estimate of drug-likeness (QED) is 0.401. The fourth-order valence-electron chi connectivity index (χ4n) is 5.30. The van der Waals surface area contributed by atoms with Gasteiger partial charge in [-0.15, -0.1) is 0 Å². The summed E-state index contributed by atoms with van der Waals surface area (Å²) in [5.41, 5.74) is 4.27. The summed E-state index contributed by atoms with van der Waals surface area (Å²) in [4.78, 5) is 34.6. The molecule has 192 valence electrons. The smallest absolute Gasteiger partial charge is 0.272 e. The summed E-state index contributed by atoms with van der Waals surface area (Å²) >= 11 is 0. The van der Waals surface area contributed by atoms with Gasteiger partial charge < -0.3 is 19.9 Å². The van der Waals surface area contributed by atoms with Gasteiger partial charge in [-0.1, -0.05) is 42.5 Å². The zero-order valence-electron chi connectivity index (χ0n) is 21.3. The molecule has 7 nitrogen and oxygen atoms in total. The van der Waals surface area contributed by atoms with Gasteiger partial charge in [-0.05, 0) is 54.3 Å². The maximum Gasteiger partial charge on any atom is 0.272 e. The average Bonchev–Trinajstić information content (AvgIpc) is 3.79.